The van der Waals surface area contributed by atoms with Gasteiger partial charge in [0.15, 0.2) is 0 Å². The molecule has 1 amide bonds. The van der Waals surface area contributed by atoms with Crippen molar-refractivity contribution in [2.45, 2.75) is 32.0 Å². The van der Waals surface area contributed by atoms with Gasteiger partial charge in [-0.25, -0.2) is 0 Å². The zero-order valence-electron chi connectivity index (χ0n) is 13.1. The van der Waals surface area contributed by atoms with E-state index in [1.54, 1.807) is 11.3 Å². The fourth-order valence-corrected chi connectivity index (χ4v) is 4.35. The van der Waals surface area contributed by atoms with Crippen molar-refractivity contribution in [3.63, 3.8) is 0 Å². The topological polar surface area (TPSA) is 41.6 Å². The first-order valence-corrected chi connectivity index (χ1v) is 8.94. The SMILES string of the molecule is Cc1ccsc1C1Nc2ccccc2C(=O)N1CC1CCCO1. The third kappa shape index (κ3) is 2.64. The van der Waals surface area contributed by atoms with Crippen molar-refractivity contribution in [1.82, 2.24) is 4.90 Å². The molecule has 2 aliphatic heterocycles. The predicted octanol–water partition coefficient (Wildman–Crippen LogP) is 3.80. The smallest absolute Gasteiger partial charge is 0.257 e. The molecule has 120 valence electrons. The first-order valence-electron chi connectivity index (χ1n) is 8.06. The summed E-state index contributed by atoms with van der Waals surface area (Å²) in [5, 5.41) is 5.64. The summed E-state index contributed by atoms with van der Waals surface area (Å²) in [4.78, 5) is 16.2. The summed E-state index contributed by atoms with van der Waals surface area (Å²) in [7, 11) is 0. The molecule has 2 aliphatic rings. The van der Waals surface area contributed by atoms with E-state index in [1.165, 1.54) is 10.4 Å². The molecular formula is C18H20N2O2S. The number of carbonyl (C=O) groups is 1. The van der Waals surface area contributed by atoms with Crippen LogP contribution in [0, 0.1) is 6.92 Å². The molecule has 2 unspecified atom stereocenters. The Bertz CT molecular complexity index is 721. The van der Waals surface area contributed by atoms with Gasteiger partial charge in [-0.1, -0.05) is 12.1 Å². The molecule has 23 heavy (non-hydrogen) atoms. The van der Waals surface area contributed by atoms with Crippen LogP contribution in [-0.4, -0.2) is 30.1 Å². The van der Waals surface area contributed by atoms with Gasteiger partial charge in [-0.05, 0) is 48.9 Å². The number of hydrogen-bond acceptors (Lipinski definition) is 4. The lowest BCUT2D eigenvalue weighted by Gasteiger charge is -2.39. The molecule has 0 radical (unpaired) electrons. The Hall–Kier alpha value is -1.85. The van der Waals surface area contributed by atoms with Gasteiger partial charge in [-0.15, -0.1) is 11.3 Å². The van der Waals surface area contributed by atoms with E-state index < -0.39 is 0 Å². The van der Waals surface area contributed by atoms with Crippen LogP contribution >= 0.6 is 11.3 Å². The zero-order chi connectivity index (χ0) is 15.8. The van der Waals surface area contributed by atoms with Crippen molar-refractivity contribution < 1.29 is 9.53 Å². The second-order valence-electron chi connectivity index (χ2n) is 6.15. The largest absolute Gasteiger partial charge is 0.376 e. The molecule has 0 saturated carbocycles. The number of benzene rings is 1. The van der Waals surface area contributed by atoms with Gasteiger partial charge in [-0.3, -0.25) is 4.79 Å². The lowest BCUT2D eigenvalue weighted by atomic mass is 10.0. The van der Waals surface area contributed by atoms with Crippen molar-refractivity contribution in [2.75, 3.05) is 18.5 Å². The third-order valence-electron chi connectivity index (χ3n) is 4.60. The minimum Gasteiger partial charge on any atom is -0.376 e. The molecule has 3 heterocycles. The third-order valence-corrected chi connectivity index (χ3v) is 5.67. The molecule has 2 aromatic rings. The highest BCUT2D eigenvalue weighted by molar-refractivity contribution is 7.10. The Morgan fingerprint density at radius 1 is 1.35 bits per heavy atom. The Labute approximate surface area is 140 Å². The Morgan fingerprint density at radius 3 is 2.96 bits per heavy atom. The number of thiophene rings is 1. The molecule has 0 aliphatic carbocycles. The molecule has 1 saturated heterocycles. The Kier molecular flexibility index (Phi) is 3.83. The normalized spacial score (nSPS) is 23.7. The molecule has 1 fully saturated rings. The van der Waals surface area contributed by atoms with E-state index in [0.29, 0.717) is 6.54 Å². The maximum Gasteiger partial charge on any atom is 0.257 e. The van der Waals surface area contributed by atoms with Crippen molar-refractivity contribution in [2.24, 2.45) is 0 Å². The maximum absolute atomic E-state index is 13.1. The maximum atomic E-state index is 13.1. The number of nitrogens with zero attached hydrogens (tertiary/aromatic N) is 1. The lowest BCUT2D eigenvalue weighted by Crippen LogP contribution is -2.46. The van der Waals surface area contributed by atoms with E-state index in [9.17, 15) is 4.79 Å². The first-order chi connectivity index (χ1) is 11.2. The highest BCUT2D eigenvalue weighted by Gasteiger charge is 2.36. The molecule has 1 N–H and O–H groups in total. The van der Waals surface area contributed by atoms with Crippen LogP contribution in [0.25, 0.3) is 0 Å². The van der Waals surface area contributed by atoms with Crippen LogP contribution in [0.1, 0.15) is 39.8 Å². The Balaban J connectivity index is 1.72. The number of nitrogens with one attached hydrogen (secondary N) is 1. The highest BCUT2D eigenvalue weighted by atomic mass is 32.1. The van der Waals surface area contributed by atoms with Crippen molar-refractivity contribution >= 4 is 22.9 Å². The molecule has 0 spiro atoms. The summed E-state index contributed by atoms with van der Waals surface area (Å²) < 4.78 is 5.77. The van der Waals surface area contributed by atoms with E-state index in [-0.39, 0.29) is 18.2 Å². The molecule has 4 nitrogen and oxygen atoms in total. The number of carbonyl (C=O) groups excluding carboxylic acids is 1. The molecule has 1 aromatic heterocycles. The van der Waals surface area contributed by atoms with Crippen LogP contribution in [-0.2, 0) is 4.74 Å². The first kappa shape index (κ1) is 14.7. The van der Waals surface area contributed by atoms with Crippen LogP contribution in [0.2, 0.25) is 0 Å². The van der Waals surface area contributed by atoms with Gasteiger partial charge in [0.1, 0.15) is 6.17 Å². The van der Waals surface area contributed by atoms with Crippen LogP contribution in [0.5, 0.6) is 0 Å². The molecule has 5 heteroatoms. The minimum atomic E-state index is -0.110. The summed E-state index contributed by atoms with van der Waals surface area (Å²) >= 11 is 1.70. The van der Waals surface area contributed by atoms with Crippen LogP contribution in [0.3, 0.4) is 0 Å². The van der Waals surface area contributed by atoms with E-state index in [1.807, 2.05) is 29.2 Å². The van der Waals surface area contributed by atoms with Crippen molar-refractivity contribution in [3.8, 4) is 0 Å². The van der Waals surface area contributed by atoms with Crippen molar-refractivity contribution in [1.29, 1.82) is 0 Å². The zero-order valence-corrected chi connectivity index (χ0v) is 13.9. The monoisotopic (exact) mass is 328 g/mol. The second kappa shape index (κ2) is 5.98. The number of fused-ring (bicyclic) bond motifs is 1. The second-order valence-corrected chi connectivity index (χ2v) is 7.10. The number of rotatable bonds is 3. The average Bonchev–Trinajstić information content (AvgIpc) is 3.22. The average molecular weight is 328 g/mol. The summed E-state index contributed by atoms with van der Waals surface area (Å²) in [5.41, 5.74) is 2.88. The lowest BCUT2D eigenvalue weighted by molar-refractivity contribution is 0.0430. The quantitative estimate of drug-likeness (QED) is 0.932. The van der Waals surface area contributed by atoms with Gasteiger partial charge in [0.05, 0.1) is 16.5 Å². The molecule has 0 bridgehead atoms. The number of hydrogen-bond donors (Lipinski definition) is 1. The molecule has 4 rings (SSSR count). The van der Waals surface area contributed by atoms with Gasteiger partial charge < -0.3 is 15.0 Å². The van der Waals surface area contributed by atoms with Crippen LogP contribution in [0.15, 0.2) is 35.7 Å². The highest BCUT2D eigenvalue weighted by Crippen LogP contribution is 2.37. The van der Waals surface area contributed by atoms with Gasteiger partial charge in [0.2, 0.25) is 0 Å². The molecule has 2 atom stereocenters. The summed E-state index contributed by atoms with van der Waals surface area (Å²) in [6.45, 7) is 3.55. The number of ether oxygens (including phenoxy) is 1. The minimum absolute atomic E-state index is 0.0904. The number of anilines is 1. The van der Waals surface area contributed by atoms with Gasteiger partial charge >= 0.3 is 0 Å². The fourth-order valence-electron chi connectivity index (χ4n) is 3.36. The molecular weight excluding hydrogens is 308 g/mol. The van der Waals surface area contributed by atoms with Gasteiger partial charge in [-0.2, -0.15) is 0 Å². The Morgan fingerprint density at radius 2 is 2.22 bits per heavy atom. The van der Waals surface area contributed by atoms with E-state index in [2.05, 4.69) is 23.7 Å². The summed E-state index contributed by atoms with van der Waals surface area (Å²) in [5.74, 6) is 0.0904. The number of aryl methyl sites for hydroxylation is 1. The predicted molar refractivity (Wildman–Crippen MR) is 91.9 cm³/mol. The number of para-hydroxylation sites is 1. The van der Waals surface area contributed by atoms with Gasteiger partial charge in [0.25, 0.3) is 5.91 Å². The van der Waals surface area contributed by atoms with Crippen LogP contribution < -0.4 is 5.32 Å². The standard InChI is InChI=1S/C18H20N2O2S/c1-12-8-10-23-16(12)17-19-15-7-3-2-6-14(15)18(21)20(17)11-13-5-4-9-22-13/h2-3,6-8,10,13,17,19H,4-5,9,11H2,1H3. The summed E-state index contributed by atoms with van der Waals surface area (Å²) in [6.07, 6.45) is 2.15. The van der Waals surface area contributed by atoms with E-state index in [4.69, 9.17) is 4.74 Å². The van der Waals surface area contributed by atoms with Gasteiger partial charge in [0, 0.05) is 18.8 Å². The molecule has 1 aromatic carbocycles. The summed E-state index contributed by atoms with van der Waals surface area (Å²) in [6, 6.07) is 9.86. The van der Waals surface area contributed by atoms with Crippen molar-refractivity contribution in [3.05, 3.63) is 51.7 Å². The van der Waals surface area contributed by atoms with E-state index in [0.717, 1.165) is 30.7 Å². The number of amides is 1. The fraction of sp³-hybridized carbons (Fsp3) is 0.389. The van der Waals surface area contributed by atoms with Crippen LogP contribution in [0.4, 0.5) is 5.69 Å². The van der Waals surface area contributed by atoms with E-state index >= 15 is 0 Å².